The van der Waals surface area contributed by atoms with Gasteiger partial charge in [-0.05, 0) is 70.0 Å². The molecule has 0 aliphatic carbocycles. The van der Waals surface area contributed by atoms with Crippen LogP contribution in [-0.2, 0) is 13.1 Å². The summed E-state index contributed by atoms with van der Waals surface area (Å²) in [7, 11) is 0. The van der Waals surface area contributed by atoms with Crippen LogP contribution in [0.15, 0.2) is 97.1 Å². The van der Waals surface area contributed by atoms with E-state index in [0.29, 0.717) is 13.1 Å². The standard InChI is InChI=1S/C19H21ClN2O.C18H22N2/c1-15-13-17(16-5-3-2-4-6-16)7-8-18(15)14-21-9-11-22(12-10-21)19(20)23;1-15-13-17(16-5-3-2-4-6-16)7-8-18(15)14-20-11-9-19-10-12-20/h2-8,13H,9-12,14H2,1H3;2-8,13,19H,9-12,14H2,1H3. The molecule has 0 bridgehead atoms. The summed E-state index contributed by atoms with van der Waals surface area (Å²) in [5, 5.41) is 3.06. The van der Waals surface area contributed by atoms with Crippen LogP contribution in [0.4, 0.5) is 4.79 Å². The van der Waals surface area contributed by atoms with Crippen molar-refractivity contribution in [2.24, 2.45) is 0 Å². The molecule has 1 N–H and O–H groups in total. The Bertz CT molecular complexity index is 1460. The Kier molecular flexibility index (Phi) is 11.0. The highest BCUT2D eigenvalue weighted by Crippen LogP contribution is 2.24. The van der Waals surface area contributed by atoms with Crippen LogP contribution in [0.2, 0.25) is 0 Å². The van der Waals surface area contributed by atoms with Gasteiger partial charge in [0, 0.05) is 65.4 Å². The van der Waals surface area contributed by atoms with Crippen molar-refractivity contribution in [3.8, 4) is 22.3 Å². The van der Waals surface area contributed by atoms with Gasteiger partial charge in [-0.25, -0.2) is 0 Å². The van der Waals surface area contributed by atoms with Gasteiger partial charge in [0.25, 0.3) is 0 Å². The number of nitrogens with one attached hydrogen (secondary N) is 1. The fraction of sp³-hybridized carbons (Fsp3) is 0.324. The van der Waals surface area contributed by atoms with Crippen molar-refractivity contribution in [1.29, 1.82) is 0 Å². The minimum Gasteiger partial charge on any atom is -0.327 e. The Hall–Kier alpha value is -3.48. The topological polar surface area (TPSA) is 38.8 Å². The molecular formula is C37H43ClN4O. The maximum Gasteiger partial charge on any atom is 0.316 e. The predicted octanol–water partition coefficient (Wildman–Crippen LogP) is 7.21. The summed E-state index contributed by atoms with van der Waals surface area (Å²) in [6.07, 6.45) is 0. The quantitative estimate of drug-likeness (QED) is 0.189. The van der Waals surface area contributed by atoms with Gasteiger partial charge in [-0.15, -0.1) is 0 Å². The third kappa shape index (κ3) is 8.77. The molecule has 0 spiro atoms. The Morgan fingerprint density at radius 1 is 0.605 bits per heavy atom. The highest BCUT2D eigenvalue weighted by molar-refractivity contribution is 6.62. The van der Waals surface area contributed by atoms with Crippen molar-refractivity contribution in [1.82, 2.24) is 20.0 Å². The number of piperazine rings is 2. The number of aryl methyl sites for hydroxylation is 2. The number of benzene rings is 4. The number of hydrogen-bond donors (Lipinski definition) is 1. The van der Waals surface area contributed by atoms with Crippen molar-refractivity contribution in [3.05, 3.63) is 119 Å². The molecule has 0 atom stereocenters. The first-order chi connectivity index (χ1) is 21.0. The van der Waals surface area contributed by atoms with Crippen molar-refractivity contribution in [2.75, 3.05) is 52.4 Å². The van der Waals surface area contributed by atoms with E-state index in [9.17, 15) is 4.79 Å². The lowest BCUT2D eigenvalue weighted by molar-refractivity contribution is 0.148. The number of carbonyl (C=O) groups excluding carboxylic acids is 1. The zero-order valence-corrected chi connectivity index (χ0v) is 26.2. The molecular weight excluding hydrogens is 552 g/mol. The second kappa shape index (κ2) is 15.3. The van der Waals surface area contributed by atoms with Crippen LogP contribution >= 0.6 is 11.6 Å². The van der Waals surface area contributed by atoms with E-state index in [2.05, 4.69) is 120 Å². The van der Waals surface area contributed by atoms with E-state index in [1.165, 1.54) is 44.5 Å². The lowest BCUT2D eigenvalue weighted by Gasteiger charge is -2.33. The molecule has 4 aromatic rings. The number of halogens is 1. The number of hydrogen-bond acceptors (Lipinski definition) is 4. The minimum absolute atomic E-state index is 0.340. The molecule has 2 heterocycles. The molecule has 2 aliphatic heterocycles. The number of nitrogens with zero attached hydrogens (tertiary/aromatic N) is 3. The van der Waals surface area contributed by atoms with Crippen molar-refractivity contribution in [2.45, 2.75) is 26.9 Å². The van der Waals surface area contributed by atoms with E-state index in [1.54, 1.807) is 4.90 Å². The third-order valence-electron chi connectivity index (χ3n) is 8.52. The van der Waals surface area contributed by atoms with E-state index < -0.39 is 0 Å². The Morgan fingerprint density at radius 3 is 1.47 bits per heavy atom. The van der Waals surface area contributed by atoms with Crippen molar-refractivity contribution >= 4 is 17.0 Å². The smallest absolute Gasteiger partial charge is 0.316 e. The monoisotopic (exact) mass is 594 g/mol. The molecule has 224 valence electrons. The lowest BCUT2D eigenvalue weighted by Crippen LogP contribution is -2.46. The highest BCUT2D eigenvalue weighted by atomic mass is 35.5. The second-order valence-corrected chi connectivity index (χ2v) is 11.9. The number of amides is 1. The summed E-state index contributed by atoms with van der Waals surface area (Å²) in [5.41, 5.74) is 10.6. The third-order valence-corrected chi connectivity index (χ3v) is 8.76. The SMILES string of the molecule is Cc1cc(-c2ccccc2)ccc1CN1CCN(C(=O)Cl)CC1.Cc1cc(-c2ccccc2)ccc1CN1CCNCC1. The molecule has 43 heavy (non-hydrogen) atoms. The van der Waals surface area contributed by atoms with Gasteiger partial charge in [0.05, 0.1) is 0 Å². The molecule has 4 aromatic carbocycles. The summed E-state index contributed by atoms with van der Waals surface area (Å²) < 4.78 is 0. The van der Waals surface area contributed by atoms with E-state index in [0.717, 1.165) is 52.4 Å². The van der Waals surface area contributed by atoms with Gasteiger partial charge in [0.1, 0.15) is 0 Å². The highest BCUT2D eigenvalue weighted by Gasteiger charge is 2.20. The maximum atomic E-state index is 11.2. The van der Waals surface area contributed by atoms with Gasteiger partial charge < -0.3 is 10.2 Å². The molecule has 6 rings (SSSR count). The second-order valence-electron chi connectivity index (χ2n) is 11.6. The average Bonchev–Trinajstić information content (AvgIpc) is 3.05. The van der Waals surface area contributed by atoms with Crippen LogP contribution in [0.5, 0.6) is 0 Å². The fourth-order valence-electron chi connectivity index (χ4n) is 5.80. The molecule has 2 fully saturated rings. The summed E-state index contributed by atoms with van der Waals surface area (Å²) in [6, 6.07) is 34.6. The summed E-state index contributed by atoms with van der Waals surface area (Å²) in [6.45, 7) is 14.1. The first-order valence-electron chi connectivity index (χ1n) is 15.4. The van der Waals surface area contributed by atoms with E-state index in [4.69, 9.17) is 11.6 Å². The molecule has 2 aliphatic rings. The van der Waals surface area contributed by atoms with Crippen molar-refractivity contribution in [3.63, 3.8) is 0 Å². The lowest BCUT2D eigenvalue weighted by atomic mass is 9.99. The number of rotatable bonds is 6. The minimum atomic E-state index is -0.340. The Morgan fingerprint density at radius 2 is 1.05 bits per heavy atom. The van der Waals surface area contributed by atoms with Crippen LogP contribution in [0.25, 0.3) is 22.3 Å². The summed E-state index contributed by atoms with van der Waals surface area (Å²) in [5.74, 6) is 0. The fourth-order valence-corrected chi connectivity index (χ4v) is 5.97. The van der Waals surface area contributed by atoms with Gasteiger partial charge in [-0.2, -0.15) is 0 Å². The summed E-state index contributed by atoms with van der Waals surface area (Å²) in [4.78, 5) is 17.8. The largest absolute Gasteiger partial charge is 0.327 e. The zero-order chi connectivity index (χ0) is 30.0. The first-order valence-corrected chi connectivity index (χ1v) is 15.7. The van der Waals surface area contributed by atoms with Gasteiger partial charge in [-0.3, -0.25) is 14.6 Å². The Labute approximate surface area is 262 Å². The Balaban J connectivity index is 0.000000173. The molecule has 0 aromatic heterocycles. The molecule has 0 radical (unpaired) electrons. The number of carbonyl (C=O) groups is 1. The zero-order valence-electron chi connectivity index (χ0n) is 25.4. The molecule has 6 heteroatoms. The molecule has 0 saturated carbocycles. The van der Waals surface area contributed by atoms with Gasteiger partial charge >= 0.3 is 5.37 Å². The van der Waals surface area contributed by atoms with Crippen LogP contribution in [0.1, 0.15) is 22.3 Å². The molecule has 1 amide bonds. The van der Waals surface area contributed by atoms with Gasteiger partial charge in [0.2, 0.25) is 0 Å². The molecule has 0 unspecified atom stereocenters. The van der Waals surface area contributed by atoms with Gasteiger partial charge in [-0.1, -0.05) is 97.1 Å². The van der Waals surface area contributed by atoms with E-state index in [-0.39, 0.29) is 5.37 Å². The van der Waals surface area contributed by atoms with Crippen molar-refractivity contribution < 1.29 is 4.79 Å². The van der Waals surface area contributed by atoms with Crippen LogP contribution in [-0.4, -0.2) is 72.4 Å². The summed E-state index contributed by atoms with van der Waals surface area (Å²) >= 11 is 5.53. The normalized spacial score (nSPS) is 15.9. The van der Waals surface area contributed by atoms with Crippen LogP contribution < -0.4 is 5.32 Å². The first kappa shape index (κ1) is 31.0. The average molecular weight is 595 g/mol. The maximum absolute atomic E-state index is 11.2. The van der Waals surface area contributed by atoms with E-state index in [1.807, 2.05) is 6.07 Å². The molecule has 5 nitrogen and oxygen atoms in total. The van der Waals surface area contributed by atoms with E-state index >= 15 is 0 Å². The van der Waals surface area contributed by atoms with Gasteiger partial charge in [0.15, 0.2) is 0 Å². The van der Waals surface area contributed by atoms with Crippen LogP contribution in [0, 0.1) is 13.8 Å². The predicted molar refractivity (Wildman–Crippen MR) is 179 cm³/mol. The molecule has 2 saturated heterocycles. The van der Waals surface area contributed by atoms with Crippen LogP contribution in [0.3, 0.4) is 0 Å².